The fourth-order valence-corrected chi connectivity index (χ4v) is 2.77. The summed E-state index contributed by atoms with van der Waals surface area (Å²) in [7, 11) is 0. The summed E-state index contributed by atoms with van der Waals surface area (Å²) in [5.74, 6) is 1.50. The minimum absolute atomic E-state index is 0.510. The zero-order valence-electron chi connectivity index (χ0n) is 12.5. The Bertz CT molecular complexity index is 1000. The molecule has 1 fully saturated rings. The Kier molecular flexibility index (Phi) is 2.61. The van der Waals surface area contributed by atoms with E-state index in [0.29, 0.717) is 6.04 Å². The number of hydrogen-bond acceptors (Lipinski definition) is 4. The van der Waals surface area contributed by atoms with E-state index in [-0.39, 0.29) is 0 Å². The largest absolute Gasteiger partial charge is 0.351 e. The molecule has 0 unspecified atom stereocenters. The molecule has 0 saturated heterocycles. The van der Waals surface area contributed by atoms with E-state index in [4.69, 9.17) is 15.1 Å². The maximum absolute atomic E-state index is 4.77. The molecule has 2 aromatic heterocycles. The van der Waals surface area contributed by atoms with E-state index >= 15 is 0 Å². The Morgan fingerprint density at radius 3 is 2.52 bits per heavy atom. The van der Waals surface area contributed by atoms with Gasteiger partial charge >= 0.3 is 0 Å². The van der Waals surface area contributed by atoms with Crippen LogP contribution in [-0.2, 0) is 0 Å². The maximum Gasteiger partial charge on any atom is 0.226 e. The molecular weight excluding hydrogens is 286 g/mol. The van der Waals surface area contributed by atoms with Crippen molar-refractivity contribution in [2.45, 2.75) is 18.9 Å². The normalized spacial score (nSPS) is 14.4. The molecule has 1 N–H and O–H groups in total. The van der Waals surface area contributed by atoms with E-state index in [1.54, 1.807) is 0 Å². The summed E-state index contributed by atoms with van der Waals surface area (Å²) in [5.41, 5.74) is 2.80. The van der Waals surface area contributed by atoms with Gasteiger partial charge in [0.15, 0.2) is 11.5 Å². The molecule has 0 aliphatic heterocycles. The van der Waals surface area contributed by atoms with Crippen LogP contribution in [0.4, 0.5) is 5.95 Å². The third-order valence-corrected chi connectivity index (χ3v) is 4.12. The first-order chi connectivity index (χ1) is 11.4. The monoisotopic (exact) mass is 301 g/mol. The van der Waals surface area contributed by atoms with Crippen molar-refractivity contribution >= 4 is 22.5 Å². The Labute approximate surface area is 133 Å². The molecule has 23 heavy (non-hydrogen) atoms. The minimum atomic E-state index is 0.510. The zero-order chi connectivity index (χ0) is 15.2. The number of benzene rings is 2. The third kappa shape index (κ3) is 2.12. The predicted octanol–water partition coefficient (Wildman–Crippen LogP) is 3.52. The third-order valence-electron chi connectivity index (χ3n) is 4.12. The van der Waals surface area contributed by atoms with Gasteiger partial charge in [-0.3, -0.25) is 0 Å². The quantitative estimate of drug-likeness (QED) is 0.629. The van der Waals surface area contributed by atoms with Crippen molar-refractivity contribution in [3.8, 4) is 11.4 Å². The molecule has 1 saturated carbocycles. The number of nitrogens with zero attached hydrogens (tertiary/aromatic N) is 4. The van der Waals surface area contributed by atoms with E-state index in [1.165, 1.54) is 12.8 Å². The topological polar surface area (TPSA) is 55.1 Å². The van der Waals surface area contributed by atoms with Crippen LogP contribution in [0.5, 0.6) is 0 Å². The summed E-state index contributed by atoms with van der Waals surface area (Å²) in [5, 5.41) is 9.18. The first-order valence-electron chi connectivity index (χ1n) is 7.86. The standard InChI is InChI=1S/C18H15N5/c1-2-6-12(7-3-1)16-21-17-14-8-4-5-9-15(14)20-18(23(17)22-16)19-13-10-11-13/h1-9,13H,10-11H2,(H,19,20). The van der Waals surface area contributed by atoms with Gasteiger partial charge in [0, 0.05) is 17.0 Å². The highest BCUT2D eigenvalue weighted by atomic mass is 15.4. The highest BCUT2D eigenvalue weighted by molar-refractivity contribution is 5.92. The van der Waals surface area contributed by atoms with Crippen LogP contribution < -0.4 is 5.32 Å². The lowest BCUT2D eigenvalue weighted by molar-refractivity contribution is 0.919. The van der Waals surface area contributed by atoms with Crippen molar-refractivity contribution in [1.29, 1.82) is 0 Å². The number of aromatic nitrogens is 4. The number of hydrogen-bond donors (Lipinski definition) is 1. The smallest absolute Gasteiger partial charge is 0.226 e. The molecule has 112 valence electrons. The first kappa shape index (κ1) is 12.6. The zero-order valence-corrected chi connectivity index (χ0v) is 12.5. The minimum Gasteiger partial charge on any atom is -0.351 e. The van der Waals surface area contributed by atoms with E-state index in [1.807, 2.05) is 59.1 Å². The van der Waals surface area contributed by atoms with Crippen molar-refractivity contribution < 1.29 is 0 Å². The predicted molar refractivity (Wildman–Crippen MR) is 90.4 cm³/mol. The van der Waals surface area contributed by atoms with Gasteiger partial charge in [-0.05, 0) is 25.0 Å². The van der Waals surface area contributed by atoms with Gasteiger partial charge in [0.2, 0.25) is 5.95 Å². The summed E-state index contributed by atoms with van der Waals surface area (Å²) in [6.45, 7) is 0. The molecule has 0 amide bonds. The molecule has 2 aromatic carbocycles. The lowest BCUT2D eigenvalue weighted by atomic mass is 10.2. The van der Waals surface area contributed by atoms with Gasteiger partial charge in [0.05, 0.1) is 5.52 Å². The van der Waals surface area contributed by atoms with Crippen LogP contribution >= 0.6 is 0 Å². The first-order valence-corrected chi connectivity index (χ1v) is 7.86. The number of anilines is 1. The second kappa shape index (κ2) is 4.78. The van der Waals surface area contributed by atoms with E-state index < -0.39 is 0 Å². The van der Waals surface area contributed by atoms with Crippen LogP contribution in [0, 0.1) is 0 Å². The van der Waals surface area contributed by atoms with Crippen molar-refractivity contribution in [3.63, 3.8) is 0 Å². The fourth-order valence-electron chi connectivity index (χ4n) is 2.77. The summed E-state index contributed by atoms with van der Waals surface area (Å²) in [6.07, 6.45) is 2.38. The lowest BCUT2D eigenvalue weighted by Crippen LogP contribution is -2.09. The van der Waals surface area contributed by atoms with E-state index in [0.717, 1.165) is 33.9 Å². The Morgan fingerprint density at radius 1 is 0.913 bits per heavy atom. The van der Waals surface area contributed by atoms with Gasteiger partial charge in [0.25, 0.3) is 0 Å². The van der Waals surface area contributed by atoms with Crippen LogP contribution in [0.3, 0.4) is 0 Å². The molecule has 4 aromatic rings. The van der Waals surface area contributed by atoms with Gasteiger partial charge in [-0.2, -0.15) is 4.52 Å². The summed E-state index contributed by atoms with van der Waals surface area (Å²) >= 11 is 0. The fraction of sp³-hybridized carbons (Fsp3) is 0.167. The van der Waals surface area contributed by atoms with E-state index in [9.17, 15) is 0 Å². The highest BCUT2D eigenvalue weighted by Gasteiger charge is 2.24. The average molecular weight is 301 g/mol. The van der Waals surface area contributed by atoms with Gasteiger partial charge in [-0.15, -0.1) is 5.10 Å². The molecule has 5 nitrogen and oxygen atoms in total. The summed E-state index contributed by atoms with van der Waals surface area (Å²) < 4.78 is 1.84. The second-order valence-electron chi connectivity index (χ2n) is 5.91. The summed E-state index contributed by atoms with van der Waals surface area (Å²) in [6, 6.07) is 18.6. The average Bonchev–Trinajstić information content (AvgIpc) is 3.30. The molecule has 2 heterocycles. The van der Waals surface area contributed by atoms with Crippen LogP contribution in [-0.4, -0.2) is 25.6 Å². The van der Waals surface area contributed by atoms with Gasteiger partial charge in [-0.25, -0.2) is 9.97 Å². The Hall–Kier alpha value is -2.95. The van der Waals surface area contributed by atoms with Gasteiger partial charge in [-0.1, -0.05) is 42.5 Å². The van der Waals surface area contributed by atoms with Crippen LogP contribution in [0.25, 0.3) is 27.9 Å². The Morgan fingerprint density at radius 2 is 1.70 bits per heavy atom. The maximum atomic E-state index is 4.77. The van der Waals surface area contributed by atoms with Crippen LogP contribution in [0.15, 0.2) is 54.6 Å². The van der Waals surface area contributed by atoms with Crippen LogP contribution in [0.1, 0.15) is 12.8 Å². The molecule has 0 atom stereocenters. The molecule has 0 spiro atoms. The van der Waals surface area contributed by atoms with Crippen molar-refractivity contribution in [2.24, 2.45) is 0 Å². The molecular formula is C18H15N5. The second-order valence-corrected chi connectivity index (χ2v) is 5.91. The molecule has 0 radical (unpaired) electrons. The van der Waals surface area contributed by atoms with E-state index in [2.05, 4.69) is 5.32 Å². The molecule has 5 rings (SSSR count). The Balaban J connectivity index is 1.79. The van der Waals surface area contributed by atoms with Gasteiger partial charge < -0.3 is 5.32 Å². The SMILES string of the molecule is c1ccc(-c2nc3c4ccccc4nc(NC4CC4)n3n2)cc1. The lowest BCUT2D eigenvalue weighted by Gasteiger charge is -2.07. The van der Waals surface area contributed by atoms with Crippen molar-refractivity contribution in [1.82, 2.24) is 19.6 Å². The number of nitrogens with one attached hydrogen (secondary N) is 1. The van der Waals surface area contributed by atoms with Crippen molar-refractivity contribution in [2.75, 3.05) is 5.32 Å². The molecule has 1 aliphatic carbocycles. The molecule has 1 aliphatic rings. The molecule has 0 bridgehead atoms. The highest BCUT2D eigenvalue weighted by Crippen LogP contribution is 2.27. The van der Waals surface area contributed by atoms with Gasteiger partial charge in [0.1, 0.15) is 0 Å². The van der Waals surface area contributed by atoms with Crippen LogP contribution in [0.2, 0.25) is 0 Å². The number of para-hydroxylation sites is 1. The number of rotatable bonds is 3. The van der Waals surface area contributed by atoms with Crippen molar-refractivity contribution in [3.05, 3.63) is 54.6 Å². The number of fused-ring (bicyclic) bond motifs is 3. The summed E-state index contributed by atoms with van der Waals surface area (Å²) in [4.78, 5) is 9.51. The molecule has 5 heteroatoms.